The van der Waals surface area contributed by atoms with Crippen molar-refractivity contribution >= 4 is 12.0 Å². The van der Waals surface area contributed by atoms with Crippen LogP contribution in [0.15, 0.2) is 66.4 Å². The molecule has 0 saturated heterocycles. The second kappa shape index (κ2) is 9.34. The summed E-state index contributed by atoms with van der Waals surface area (Å²) in [5, 5.41) is 8.03. The Balaban J connectivity index is 1.40. The Morgan fingerprint density at radius 3 is 2.58 bits per heavy atom. The molecule has 1 saturated carbocycles. The monoisotopic (exact) mass is 485 g/mol. The first-order valence-electron chi connectivity index (χ1n) is 13.0. The Kier molecular flexibility index (Phi) is 6.36. The molecule has 0 bridgehead atoms. The van der Waals surface area contributed by atoms with Crippen molar-refractivity contribution in [1.29, 1.82) is 0 Å². The molecular weight excluding hydrogens is 449 g/mol. The number of nitrogens with zero attached hydrogens (tertiary/aromatic N) is 2. The van der Waals surface area contributed by atoms with Crippen LogP contribution in [0.25, 0.3) is 11.8 Å². The zero-order valence-corrected chi connectivity index (χ0v) is 21.7. The van der Waals surface area contributed by atoms with Crippen molar-refractivity contribution in [2.75, 3.05) is 0 Å². The van der Waals surface area contributed by atoms with Gasteiger partial charge in [0.2, 0.25) is 5.91 Å². The van der Waals surface area contributed by atoms with Crippen LogP contribution in [-0.4, -0.2) is 15.7 Å². The van der Waals surface area contributed by atoms with Gasteiger partial charge in [-0.1, -0.05) is 63.6 Å². The lowest BCUT2D eigenvalue weighted by atomic mass is 9.68. The molecule has 2 aliphatic rings. The molecule has 188 valence electrons. The van der Waals surface area contributed by atoms with Crippen LogP contribution in [0.5, 0.6) is 0 Å². The Labute approximate surface area is 213 Å². The highest BCUT2D eigenvalue weighted by molar-refractivity contribution is 5.77. The van der Waals surface area contributed by atoms with Gasteiger partial charge in [-0.2, -0.15) is 5.10 Å². The summed E-state index contributed by atoms with van der Waals surface area (Å²) in [7, 11) is 0. The molecule has 3 aromatic rings. The van der Waals surface area contributed by atoms with Gasteiger partial charge in [0, 0.05) is 6.42 Å². The molecule has 2 aliphatic carbocycles. The van der Waals surface area contributed by atoms with Gasteiger partial charge in [0.15, 0.2) is 0 Å². The number of carbonyl (C=O) groups excluding carboxylic acids is 1. The third kappa shape index (κ3) is 4.88. The van der Waals surface area contributed by atoms with Gasteiger partial charge in [0.05, 0.1) is 23.6 Å². The minimum atomic E-state index is -0.244. The maximum Gasteiger partial charge on any atom is 0.221 e. The summed E-state index contributed by atoms with van der Waals surface area (Å²) >= 11 is 0. The summed E-state index contributed by atoms with van der Waals surface area (Å²) in [6.45, 7) is 8.69. The van der Waals surface area contributed by atoms with Crippen LogP contribution in [0.1, 0.15) is 76.2 Å². The molecule has 5 heteroatoms. The van der Waals surface area contributed by atoms with Crippen LogP contribution in [0, 0.1) is 22.6 Å². The van der Waals surface area contributed by atoms with Crippen LogP contribution < -0.4 is 5.32 Å². The van der Waals surface area contributed by atoms with Crippen molar-refractivity contribution in [2.24, 2.45) is 16.7 Å². The number of benzene rings is 2. The smallest absolute Gasteiger partial charge is 0.221 e. The molecule has 1 heterocycles. The lowest BCUT2D eigenvalue weighted by molar-refractivity contribution is -0.123. The Hall–Kier alpha value is -3.21. The van der Waals surface area contributed by atoms with Gasteiger partial charge in [0.25, 0.3) is 0 Å². The lowest BCUT2D eigenvalue weighted by Gasteiger charge is -2.38. The number of nitrogens with one attached hydrogen (secondary N) is 1. The quantitative estimate of drug-likeness (QED) is 0.407. The van der Waals surface area contributed by atoms with Crippen molar-refractivity contribution in [1.82, 2.24) is 15.1 Å². The highest BCUT2D eigenvalue weighted by Crippen LogP contribution is 2.55. The fourth-order valence-electron chi connectivity index (χ4n) is 6.07. The fraction of sp³-hybridized carbons (Fsp3) is 0.419. The number of amides is 1. The molecule has 36 heavy (non-hydrogen) atoms. The Morgan fingerprint density at radius 2 is 1.89 bits per heavy atom. The van der Waals surface area contributed by atoms with Crippen molar-refractivity contribution < 1.29 is 9.18 Å². The van der Waals surface area contributed by atoms with Gasteiger partial charge in [-0.3, -0.25) is 4.79 Å². The number of aromatic nitrogens is 2. The molecule has 5 rings (SSSR count). The summed E-state index contributed by atoms with van der Waals surface area (Å²) in [4.78, 5) is 12.9. The van der Waals surface area contributed by atoms with Gasteiger partial charge in [-0.15, -0.1) is 0 Å². The molecule has 1 unspecified atom stereocenters. The van der Waals surface area contributed by atoms with E-state index >= 15 is 0 Å². The second-order valence-electron chi connectivity index (χ2n) is 11.9. The van der Waals surface area contributed by atoms with E-state index < -0.39 is 0 Å². The van der Waals surface area contributed by atoms with Gasteiger partial charge in [-0.25, -0.2) is 9.07 Å². The molecule has 0 spiro atoms. The van der Waals surface area contributed by atoms with E-state index in [1.165, 1.54) is 28.8 Å². The molecular formula is C31H36FN3O. The average Bonchev–Trinajstić information content (AvgIpc) is 3.36. The van der Waals surface area contributed by atoms with Crippen molar-refractivity contribution in [3.8, 4) is 5.69 Å². The zero-order chi connectivity index (χ0) is 25.5. The van der Waals surface area contributed by atoms with Gasteiger partial charge in [-0.05, 0) is 83.9 Å². The second-order valence-corrected chi connectivity index (χ2v) is 11.9. The van der Waals surface area contributed by atoms with Crippen LogP contribution in [0.4, 0.5) is 4.39 Å². The number of rotatable bonds is 6. The van der Waals surface area contributed by atoms with Crippen molar-refractivity contribution in [2.45, 2.75) is 65.8 Å². The number of hydrogen-bond acceptors (Lipinski definition) is 2. The SMILES string of the molecule is CC(C)(C)CC(=O)NC(C[C@H]1CCC2=Cc3c(cnn3-c3ccc(F)cc3)C[C@@]21C)c1ccccc1. The lowest BCUT2D eigenvalue weighted by Crippen LogP contribution is -2.36. The van der Waals surface area contributed by atoms with Crippen molar-refractivity contribution in [3.05, 3.63) is 89.0 Å². The van der Waals surface area contributed by atoms with Gasteiger partial charge < -0.3 is 5.32 Å². The van der Waals surface area contributed by atoms with E-state index in [4.69, 9.17) is 0 Å². The summed E-state index contributed by atoms with van der Waals surface area (Å²) in [5.74, 6) is 0.319. The molecule has 2 aromatic carbocycles. The van der Waals surface area contributed by atoms with E-state index in [0.717, 1.165) is 37.1 Å². The minimum Gasteiger partial charge on any atom is -0.349 e. The number of carbonyl (C=O) groups is 1. The molecule has 4 nitrogen and oxygen atoms in total. The largest absolute Gasteiger partial charge is 0.349 e. The first kappa shape index (κ1) is 24.5. The third-order valence-corrected chi connectivity index (χ3v) is 7.97. The van der Waals surface area contributed by atoms with E-state index in [9.17, 15) is 9.18 Å². The molecule has 3 atom stereocenters. The average molecular weight is 486 g/mol. The Morgan fingerprint density at radius 1 is 1.17 bits per heavy atom. The van der Waals surface area contributed by atoms with Crippen LogP contribution in [-0.2, 0) is 11.2 Å². The van der Waals surface area contributed by atoms with E-state index in [1.54, 1.807) is 12.1 Å². The first-order chi connectivity index (χ1) is 17.1. The standard InChI is InChI=1S/C31H36FN3O/c1-30(2,3)19-29(36)34-27(21-8-6-5-7-9-21)16-23-10-11-24-17-28-22(18-31(23,24)4)20-33-35(28)26-14-12-25(32)13-15-26/h5-9,12-15,17,20,23,27H,10-11,16,18-19H2,1-4H3,(H,34,36)/t23-,27?,31-/m1/s1. The third-order valence-electron chi connectivity index (χ3n) is 7.97. The minimum absolute atomic E-state index is 0.00874. The van der Waals surface area contributed by atoms with E-state index in [1.807, 2.05) is 16.9 Å². The number of allylic oxidation sites excluding steroid dienone is 1. The summed E-state index contributed by atoms with van der Waals surface area (Å²) in [6.07, 6.45) is 8.78. The molecule has 1 fully saturated rings. The summed E-state index contributed by atoms with van der Waals surface area (Å²) in [6, 6.07) is 16.9. The highest BCUT2D eigenvalue weighted by Gasteiger charge is 2.46. The normalized spacial score (nSPS) is 21.9. The molecule has 1 aromatic heterocycles. The molecule has 0 aliphatic heterocycles. The highest BCUT2D eigenvalue weighted by atomic mass is 19.1. The fourth-order valence-corrected chi connectivity index (χ4v) is 6.07. The Bertz CT molecular complexity index is 1270. The maximum absolute atomic E-state index is 13.5. The molecule has 0 radical (unpaired) electrons. The molecule has 1 amide bonds. The van der Waals surface area contributed by atoms with Gasteiger partial charge >= 0.3 is 0 Å². The topological polar surface area (TPSA) is 46.9 Å². The van der Waals surface area contributed by atoms with E-state index in [2.05, 4.69) is 68.5 Å². The summed E-state index contributed by atoms with van der Waals surface area (Å²) in [5.41, 5.74) is 5.81. The van der Waals surface area contributed by atoms with E-state index in [0.29, 0.717) is 12.3 Å². The predicted molar refractivity (Wildman–Crippen MR) is 142 cm³/mol. The van der Waals surface area contributed by atoms with Crippen LogP contribution in [0.3, 0.4) is 0 Å². The number of fused-ring (bicyclic) bond motifs is 2. The number of halogens is 1. The molecule has 1 N–H and O–H groups in total. The number of hydrogen-bond donors (Lipinski definition) is 1. The zero-order valence-electron chi connectivity index (χ0n) is 21.7. The van der Waals surface area contributed by atoms with Crippen LogP contribution >= 0.6 is 0 Å². The predicted octanol–water partition coefficient (Wildman–Crippen LogP) is 7.05. The van der Waals surface area contributed by atoms with Crippen LogP contribution in [0.2, 0.25) is 0 Å². The first-order valence-corrected chi connectivity index (χ1v) is 13.0. The maximum atomic E-state index is 13.5. The van der Waals surface area contributed by atoms with E-state index in [-0.39, 0.29) is 28.6 Å². The summed E-state index contributed by atoms with van der Waals surface area (Å²) < 4.78 is 15.4. The van der Waals surface area contributed by atoms with Gasteiger partial charge in [0.1, 0.15) is 5.82 Å². The van der Waals surface area contributed by atoms with Crippen molar-refractivity contribution in [3.63, 3.8) is 0 Å².